The third-order valence-electron chi connectivity index (χ3n) is 1.68. The molecule has 0 aliphatic carbocycles. The first-order valence-electron chi connectivity index (χ1n) is 3.53. The van der Waals surface area contributed by atoms with Crippen molar-refractivity contribution >= 4 is 11.8 Å². The van der Waals surface area contributed by atoms with Crippen LogP contribution in [0.1, 0.15) is 11.1 Å². The van der Waals surface area contributed by atoms with Gasteiger partial charge in [0, 0.05) is 0 Å². The maximum absolute atomic E-state index is 9.97. The van der Waals surface area contributed by atoms with Gasteiger partial charge in [-0.2, -0.15) is 4.99 Å². The van der Waals surface area contributed by atoms with Crippen molar-refractivity contribution < 1.29 is 9.90 Å². The number of aromatic hydroxyl groups is 1. The van der Waals surface area contributed by atoms with E-state index in [1.54, 1.807) is 26.0 Å². The second-order valence-corrected chi connectivity index (χ2v) is 2.63. The van der Waals surface area contributed by atoms with Gasteiger partial charge >= 0.3 is 0 Å². The molecule has 0 amide bonds. The number of phenolic OH excluding ortho intramolecular Hbond substituents is 1. The summed E-state index contributed by atoms with van der Waals surface area (Å²) in [6.45, 7) is 3.52. The van der Waals surface area contributed by atoms with Gasteiger partial charge in [0.25, 0.3) is 0 Å². The van der Waals surface area contributed by atoms with Crippen LogP contribution in [0.2, 0.25) is 0 Å². The molecule has 62 valence electrons. The Morgan fingerprint density at radius 1 is 1.33 bits per heavy atom. The fraction of sp³-hybridized carbons (Fsp3) is 0.222. The highest BCUT2D eigenvalue weighted by molar-refractivity contribution is 5.57. The van der Waals surface area contributed by atoms with Crippen LogP contribution in [0.25, 0.3) is 0 Å². The zero-order valence-corrected chi connectivity index (χ0v) is 6.96. The molecule has 0 radical (unpaired) electrons. The summed E-state index contributed by atoms with van der Waals surface area (Å²) in [5, 5.41) is 9.25. The monoisotopic (exact) mass is 163 g/mol. The van der Waals surface area contributed by atoms with E-state index in [-0.39, 0.29) is 5.75 Å². The molecule has 0 spiro atoms. The number of isocyanates is 1. The van der Waals surface area contributed by atoms with Crippen LogP contribution in [0.15, 0.2) is 17.1 Å². The lowest BCUT2D eigenvalue weighted by Crippen LogP contribution is -1.78. The maximum Gasteiger partial charge on any atom is 0.240 e. The Morgan fingerprint density at radius 2 is 2.00 bits per heavy atom. The first-order valence-corrected chi connectivity index (χ1v) is 3.53. The highest BCUT2D eigenvalue weighted by atomic mass is 16.3. The highest BCUT2D eigenvalue weighted by Crippen LogP contribution is 2.26. The summed E-state index contributed by atoms with van der Waals surface area (Å²) in [5.74, 6) is 0.220. The van der Waals surface area contributed by atoms with Crippen LogP contribution in [0, 0.1) is 13.8 Å². The molecule has 3 nitrogen and oxygen atoms in total. The molecule has 1 rings (SSSR count). The number of phenols is 1. The Kier molecular flexibility index (Phi) is 2.26. The van der Waals surface area contributed by atoms with Crippen molar-refractivity contribution in [2.75, 3.05) is 0 Å². The van der Waals surface area contributed by atoms with Crippen LogP contribution in [0.5, 0.6) is 5.75 Å². The zero-order chi connectivity index (χ0) is 9.14. The van der Waals surface area contributed by atoms with E-state index in [0.29, 0.717) is 11.3 Å². The van der Waals surface area contributed by atoms with Crippen LogP contribution in [0.4, 0.5) is 5.69 Å². The second-order valence-electron chi connectivity index (χ2n) is 2.63. The molecule has 0 atom stereocenters. The molecular formula is C9H9NO2. The Bertz CT molecular complexity index is 352. The minimum absolute atomic E-state index is 0.220. The predicted molar refractivity (Wildman–Crippen MR) is 45.4 cm³/mol. The lowest BCUT2D eigenvalue weighted by Gasteiger charge is -2.02. The number of carbonyl (C=O) groups excluding carboxylic acids is 1. The van der Waals surface area contributed by atoms with Crippen molar-refractivity contribution in [3.8, 4) is 5.75 Å². The largest absolute Gasteiger partial charge is 0.508 e. The third kappa shape index (κ3) is 1.52. The van der Waals surface area contributed by atoms with E-state index in [9.17, 15) is 9.90 Å². The fourth-order valence-electron chi connectivity index (χ4n) is 0.955. The van der Waals surface area contributed by atoms with Crippen LogP contribution in [0.3, 0.4) is 0 Å². The summed E-state index contributed by atoms with van der Waals surface area (Å²) in [7, 11) is 0. The summed E-state index contributed by atoms with van der Waals surface area (Å²) in [5.41, 5.74) is 2.02. The summed E-state index contributed by atoms with van der Waals surface area (Å²) >= 11 is 0. The number of hydrogen-bond donors (Lipinski definition) is 1. The summed E-state index contributed by atoms with van der Waals surface area (Å²) in [6.07, 6.45) is 1.46. The SMILES string of the molecule is Cc1cc(N=C=O)c(C)cc1O. The number of nitrogens with zero attached hydrogens (tertiary/aromatic N) is 1. The maximum atomic E-state index is 9.97. The van der Waals surface area contributed by atoms with E-state index in [2.05, 4.69) is 4.99 Å². The topological polar surface area (TPSA) is 49.7 Å². The van der Waals surface area contributed by atoms with Gasteiger partial charge in [-0.15, -0.1) is 0 Å². The van der Waals surface area contributed by atoms with Gasteiger partial charge in [-0.25, -0.2) is 4.79 Å². The molecule has 12 heavy (non-hydrogen) atoms. The standard InChI is InChI=1S/C9H9NO2/c1-6-4-9(12)7(2)3-8(6)10-5-11/h3-4,12H,1-2H3. The molecule has 1 aromatic carbocycles. The Morgan fingerprint density at radius 3 is 2.58 bits per heavy atom. The molecule has 0 saturated carbocycles. The molecule has 0 unspecified atom stereocenters. The molecule has 1 N–H and O–H groups in total. The minimum Gasteiger partial charge on any atom is -0.508 e. The Labute approximate surface area is 70.4 Å². The molecule has 0 bridgehead atoms. The second kappa shape index (κ2) is 3.20. The third-order valence-corrected chi connectivity index (χ3v) is 1.68. The highest BCUT2D eigenvalue weighted by Gasteiger charge is 2.01. The van der Waals surface area contributed by atoms with E-state index in [0.717, 1.165) is 5.56 Å². The number of hydrogen-bond acceptors (Lipinski definition) is 3. The molecule has 0 aliphatic heterocycles. The molecular weight excluding hydrogens is 154 g/mol. The summed E-state index contributed by atoms with van der Waals surface area (Å²) in [4.78, 5) is 13.5. The average Bonchev–Trinajstić information content (AvgIpc) is 2.01. The van der Waals surface area contributed by atoms with Gasteiger partial charge in [0.15, 0.2) is 0 Å². The quantitative estimate of drug-likeness (QED) is 0.508. The van der Waals surface area contributed by atoms with Crippen LogP contribution >= 0.6 is 0 Å². The van der Waals surface area contributed by atoms with E-state index >= 15 is 0 Å². The number of aliphatic imine (C=N–C) groups is 1. The number of rotatable bonds is 1. The van der Waals surface area contributed by atoms with Gasteiger partial charge in [-0.3, -0.25) is 0 Å². The first kappa shape index (κ1) is 8.50. The van der Waals surface area contributed by atoms with Gasteiger partial charge in [0.2, 0.25) is 6.08 Å². The van der Waals surface area contributed by atoms with Gasteiger partial charge in [-0.05, 0) is 37.1 Å². The van der Waals surface area contributed by atoms with Gasteiger partial charge in [0.05, 0.1) is 5.69 Å². The van der Waals surface area contributed by atoms with E-state index in [1.165, 1.54) is 6.08 Å². The molecule has 0 saturated heterocycles. The lowest BCUT2D eigenvalue weighted by atomic mass is 10.1. The van der Waals surface area contributed by atoms with Gasteiger partial charge in [-0.1, -0.05) is 0 Å². The zero-order valence-electron chi connectivity index (χ0n) is 6.96. The van der Waals surface area contributed by atoms with Gasteiger partial charge < -0.3 is 5.11 Å². The van der Waals surface area contributed by atoms with Gasteiger partial charge in [0.1, 0.15) is 5.75 Å². The average molecular weight is 163 g/mol. The first-order chi connectivity index (χ1) is 5.65. The predicted octanol–water partition coefficient (Wildman–Crippen LogP) is 1.98. The van der Waals surface area contributed by atoms with E-state index in [1.807, 2.05) is 0 Å². The van der Waals surface area contributed by atoms with Crippen molar-refractivity contribution in [2.45, 2.75) is 13.8 Å². The van der Waals surface area contributed by atoms with Crippen molar-refractivity contribution in [1.82, 2.24) is 0 Å². The Balaban J connectivity index is 3.32. The number of aryl methyl sites for hydroxylation is 2. The normalized spacial score (nSPS) is 9.17. The molecule has 1 aromatic rings. The van der Waals surface area contributed by atoms with Crippen molar-refractivity contribution in [3.05, 3.63) is 23.3 Å². The minimum atomic E-state index is 0.220. The van der Waals surface area contributed by atoms with Crippen molar-refractivity contribution in [3.63, 3.8) is 0 Å². The van der Waals surface area contributed by atoms with Crippen LogP contribution < -0.4 is 0 Å². The molecule has 3 heteroatoms. The number of benzene rings is 1. The lowest BCUT2D eigenvalue weighted by molar-refractivity contribution is 0.470. The van der Waals surface area contributed by atoms with Crippen LogP contribution in [-0.4, -0.2) is 11.2 Å². The smallest absolute Gasteiger partial charge is 0.240 e. The van der Waals surface area contributed by atoms with E-state index in [4.69, 9.17) is 0 Å². The van der Waals surface area contributed by atoms with Crippen molar-refractivity contribution in [2.24, 2.45) is 4.99 Å². The molecule has 0 heterocycles. The molecule has 0 aromatic heterocycles. The van der Waals surface area contributed by atoms with Crippen LogP contribution in [-0.2, 0) is 4.79 Å². The van der Waals surface area contributed by atoms with Crippen molar-refractivity contribution in [1.29, 1.82) is 0 Å². The summed E-state index contributed by atoms with van der Waals surface area (Å²) < 4.78 is 0. The molecule has 0 fully saturated rings. The fourth-order valence-corrected chi connectivity index (χ4v) is 0.955. The summed E-state index contributed by atoms with van der Waals surface area (Å²) in [6, 6.07) is 3.22. The Hall–Kier alpha value is -1.60. The van der Waals surface area contributed by atoms with E-state index < -0.39 is 0 Å². The molecule has 0 aliphatic rings.